The molecule has 0 fully saturated rings. The number of amides is 1. The molecule has 0 saturated carbocycles. The smallest absolute Gasteiger partial charge is 0.222 e. The Kier molecular flexibility index (Phi) is 4.22. The highest BCUT2D eigenvalue weighted by Crippen LogP contribution is 2.36. The van der Waals surface area contributed by atoms with Crippen molar-refractivity contribution >= 4 is 11.7 Å². The molecule has 3 heterocycles. The number of carbonyl (C=O) groups is 1. The van der Waals surface area contributed by atoms with Gasteiger partial charge in [-0.3, -0.25) is 9.48 Å². The van der Waals surface area contributed by atoms with Gasteiger partial charge in [0.15, 0.2) is 0 Å². The van der Waals surface area contributed by atoms with Crippen LogP contribution in [0, 0.1) is 5.82 Å². The lowest BCUT2D eigenvalue weighted by molar-refractivity contribution is -0.114. The number of hydrogen-bond acceptors (Lipinski definition) is 4. The molecule has 1 aliphatic rings. The molecule has 0 aliphatic carbocycles. The number of nitrogens with zero attached hydrogens (tertiary/aromatic N) is 3. The molecule has 4 rings (SSSR count). The Bertz CT molecular complexity index is 965. The zero-order valence-corrected chi connectivity index (χ0v) is 14.3. The van der Waals surface area contributed by atoms with Crippen molar-refractivity contribution < 1.29 is 9.18 Å². The van der Waals surface area contributed by atoms with E-state index in [0.717, 1.165) is 41.2 Å². The van der Waals surface area contributed by atoms with Crippen molar-refractivity contribution in [2.75, 3.05) is 11.9 Å². The number of nitrogens with one attached hydrogen (secondary N) is 2. The molecule has 0 saturated heterocycles. The Labute approximate surface area is 150 Å². The second-order valence-electron chi connectivity index (χ2n) is 6.19. The lowest BCUT2D eigenvalue weighted by Crippen LogP contribution is -2.28. The number of rotatable bonds is 3. The molecular weight excluding hydrogens is 333 g/mol. The van der Waals surface area contributed by atoms with Gasteiger partial charge >= 0.3 is 0 Å². The van der Waals surface area contributed by atoms with Gasteiger partial charge in [0.25, 0.3) is 0 Å². The van der Waals surface area contributed by atoms with Crippen LogP contribution >= 0.6 is 0 Å². The summed E-state index contributed by atoms with van der Waals surface area (Å²) in [4.78, 5) is 15.5. The number of benzene rings is 1. The lowest BCUT2D eigenvalue weighted by atomic mass is 9.99. The third-order valence-electron chi connectivity index (χ3n) is 4.32. The van der Waals surface area contributed by atoms with E-state index in [1.54, 1.807) is 18.3 Å². The molecule has 1 aromatic carbocycles. The molecule has 7 heteroatoms. The van der Waals surface area contributed by atoms with Crippen LogP contribution in [-0.4, -0.2) is 27.2 Å². The Hall–Kier alpha value is -3.06. The molecule has 6 nitrogen and oxygen atoms in total. The van der Waals surface area contributed by atoms with Crippen LogP contribution in [0.15, 0.2) is 42.6 Å². The van der Waals surface area contributed by atoms with Gasteiger partial charge < -0.3 is 10.6 Å². The van der Waals surface area contributed by atoms with Crippen molar-refractivity contribution in [3.63, 3.8) is 0 Å². The topological polar surface area (TPSA) is 71.8 Å². The van der Waals surface area contributed by atoms with Gasteiger partial charge in [-0.05, 0) is 42.0 Å². The van der Waals surface area contributed by atoms with Crippen LogP contribution < -0.4 is 10.6 Å². The zero-order valence-electron chi connectivity index (χ0n) is 14.3. The van der Waals surface area contributed by atoms with Crippen LogP contribution in [-0.2, 0) is 17.9 Å². The fourth-order valence-electron chi connectivity index (χ4n) is 3.20. The van der Waals surface area contributed by atoms with E-state index in [1.165, 1.54) is 19.1 Å². The second-order valence-corrected chi connectivity index (χ2v) is 6.19. The molecule has 132 valence electrons. The van der Waals surface area contributed by atoms with Gasteiger partial charge in [-0.2, -0.15) is 5.10 Å². The summed E-state index contributed by atoms with van der Waals surface area (Å²) in [6.45, 7) is 3.77. The quantitative estimate of drug-likeness (QED) is 0.761. The van der Waals surface area contributed by atoms with Gasteiger partial charge in [0.1, 0.15) is 17.3 Å². The number of halogens is 1. The fraction of sp³-hybridized carbons (Fsp3) is 0.211. The predicted molar refractivity (Wildman–Crippen MR) is 96.9 cm³/mol. The minimum Gasteiger partial charge on any atom is -0.311 e. The molecule has 0 radical (unpaired) electrons. The number of hydrogen-bond donors (Lipinski definition) is 2. The lowest BCUT2D eigenvalue weighted by Gasteiger charge is -2.16. The van der Waals surface area contributed by atoms with E-state index in [0.29, 0.717) is 12.4 Å². The van der Waals surface area contributed by atoms with Gasteiger partial charge in [0.2, 0.25) is 5.91 Å². The molecule has 2 aromatic heterocycles. The van der Waals surface area contributed by atoms with Crippen molar-refractivity contribution in [3.8, 4) is 22.4 Å². The third-order valence-corrected chi connectivity index (χ3v) is 4.32. The van der Waals surface area contributed by atoms with E-state index in [2.05, 4.69) is 15.6 Å². The fourth-order valence-corrected chi connectivity index (χ4v) is 3.20. The maximum absolute atomic E-state index is 13.3. The standard InChI is InChI=1S/C19H18FN5O/c1-12(26)23-17-10-14(6-7-22-17)18-16-11-21-8-9-25(16)24-19(18)13-2-4-15(20)5-3-13/h2-7,10,21H,8-9,11H2,1H3,(H,22,23,26). The highest BCUT2D eigenvalue weighted by molar-refractivity contribution is 5.89. The molecular formula is C19H18FN5O. The first-order valence-electron chi connectivity index (χ1n) is 8.42. The molecule has 3 aromatic rings. The van der Waals surface area contributed by atoms with Crippen molar-refractivity contribution in [1.82, 2.24) is 20.1 Å². The summed E-state index contributed by atoms with van der Waals surface area (Å²) >= 11 is 0. The van der Waals surface area contributed by atoms with Gasteiger partial charge in [0, 0.05) is 37.3 Å². The van der Waals surface area contributed by atoms with E-state index < -0.39 is 0 Å². The van der Waals surface area contributed by atoms with E-state index in [4.69, 9.17) is 5.10 Å². The highest BCUT2D eigenvalue weighted by Gasteiger charge is 2.22. The van der Waals surface area contributed by atoms with E-state index in [1.807, 2.05) is 16.8 Å². The SMILES string of the molecule is CC(=O)Nc1cc(-c2c(-c3ccc(F)cc3)nn3c2CNCC3)ccn1. The minimum atomic E-state index is -0.280. The Balaban J connectivity index is 1.88. The largest absolute Gasteiger partial charge is 0.311 e. The summed E-state index contributed by atoms with van der Waals surface area (Å²) in [6.07, 6.45) is 1.66. The summed E-state index contributed by atoms with van der Waals surface area (Å²) in [5.41, 5.74) is 4.59. The number of aromatic nitrogens is 3. The predicted octanol–water partition coefficient (Wildman–Crippen LogP) is 2.81. The summed E-state index contributed by atoms with van der Waals surface area (Å²) < 4.78 is 15.3. The van der Waals surface area contributed by atoms with Crippen molar-refractivity contribution in [2.24, 2.45) is 0 Å². The summed E-state index contributed by atoms with van der Waals surface area (Å²) in [6, 6.07) is 10.1. The summed E-state index contributed by atoms with van der Waals surface area (Å²) in [5.74, 6) is 0.0358. The third kappa shape index (κ3) is 3.09. The first-order valence-corrected chi connectivity index (χ1v) is 8.42. The minimum absolute atomic E-state index is 0.174. The molecule has 0 unspecified atom stereocenters. The van der Waals surface area contributed by atoms with Gasteiger partial charge in [-0.25, -0.2) is 9.37 Å². The number of fused-ring (bicyclic) bond motifs is 1. The number of pyridine rings is 1. The highest BCUT2D eigenvalue weighted by atomic mass is 19.1. The number of carbonyl (C=O) groups excluding carboxylic acids is 1. The Morgan fingerprint density at radius 1 is 1.23 bits per heavy atom. The molecule has 26 heavy (non-hydrogen) atoms. The van der Waals surface area contributed by atoms with Crippen molar-refractivity contribution in [3.05, 3.63) is 54.1 Å². The first-order chi connectivity index (χ1) is 12.6. The molecule has 0 bridgehead atoms. The Morgan fingerprint density at radius 3 is 2.81 bits per heavy atom. The van der Waals surface area contributed by atoms with Crippen LogP contribution in [0.25, 0.3) is 22.4 Å². The zero-order chi connectivity index (χ0) is 18.1. The van der Waals surface area contributed by atoms with Crippen molar-refractivity contribution in [2.45, 2.75) is 20.0 Å². The number of anilines is 1. The second kappa shape index (κ2) is 6.68. The van der Waals surface area contributed by atoms with Gasteiger partial charge in [0.05, 0.1) is 12.2 Å². The van der Waals surface area contributed by atoms with E-state index in [9.17, 15) is 9.18 Å². The molecule has 1 aliphatic heterocycles. The van der Waals surface area contributed by atoms with E-state index in [-0.39, 0.29) is 11.7 Å². The maximum atomic E-state index is 13.3. The Morgan fingerprint density at radius 2 is 2.04 bits per heavy atom. The van der Waals surface area contributed by atoms with Gasteiger partial charge in [-0.15, -0.1) is 0 Å². The van der Waals surface area contributed by atoms with Crippen molar-refractivity contribution in [1.29, 1.82) is 0 Å². The molecule has 0 spiro atoms. The molecule has 2 N–H and O–H groups in total. The summed E-state index contributed by atoms with van der Waals surface area (Å²) in [7, 11) is 0. The molecule has 0 atom stereocenters. The van der Waals surface area contributed by atoms with Gasteiger partial charge in [-0.1, -0.05) is 0 Å². The average molecular weight is 351 g/mol. The van der Waals surface area contributed by atoms with E-state index >= 15 is 0 Å². The summed E-state index contributed by atoms with van der Waals surface area (Å²) in [5, 5.41) is 10.8. The monoisotopic (exact) mass is 351 g/mol. The van der Waals surface area contributed by atoms with Crippen LogP contribution in [0.4, 0.5) is 10.2 Å². The maximum Gasteiger partial charge on any atom is 0.222 e. The van der Waals surface area contributed by atoms with Crippen LogP contribution in [0.3, 0.4) is 0 Å². The average Bonchev–Trinajstić information content (AvgIpc) is 3.01. The van der Waals surface area contributed by atoms with Crippen LogP contribution in [0.2, 0.25) is 0 Å². The first kappa shape index (κ1) is 16.4. The molecule has 1 amide bonds. The normalized spacial score (nSPS) is 13.3. The van der Waals surface area contributed by atoms with Crippen LogP contribution in [0.5, 0.6) is 0 Å². The van der Waals surface area contributed by atoms with Crippen LogP contribution in [0.1, 0.15) is 12.6 Å².